The van der Waals surface area contributed by atoms with Crippen LogP contribution in [0.1, 0.15) is 31.9 Å². The van der Waals surface area contributed by atoms with Crippen molar-refractivity contribution >= 4 is 6.03 Å². The smallest absolute Gasteiger partial charge is 0.315 e. The number of rotatable bonds is 6. The Morgan fingerprint density at radius 2 is 1.74 bits per heavy atom. The molecule has 1 rings (SSSR count). The lowest BCUT2D eigenvalue weighted by Crippen LogP contribution is -2.43. The number of urea groups is 1. The Balaban J connectivity index is 2.27. The van der Waals surface area contributed by atoms with E-state index in [1.165, 1.54) is 0 Å². The van der Waals surface area contributed by atoms with E-state index < -0.39 is 0 Å². The van der Waals surface area contributed by atoms with Crippen molar-refractivity contribution in [1.82, 2.24) is 10.6 Å². The average molecular weight is 264 g/mol. The Labute approximate surface area is 115 Å². The van der Waals surface area contributed by atoms with E-state index in [0.29, 0.717) is 12.5 Å². The molecule has 3 N–H and O–H groups in total. The predicted octanol–water partition coefficient (Wildman–Crippen LogP) is 2.07. The van der Waals surface area contributed by atoms with Gasteiger partial charge in [0.05, 0.1) is 6.61 Å². The number of nitrogens with one attached hydrogen (secondary N) is 2. The van der Waals surface area contributed by atoms with Gasteiger partial charge in [-0.1, -0.05) is 38.1 Å². The lowest BCUT2D eigenvalue weighted by Gasteiger charge is -2.17. The normalized spacial score (nSPS) is 12.3. The van der Waals surface area contributed by atoms with Crippen molar-refractivity contribution in [2.45, 2.75) is 39.8 Å². The van der Waals surface area contributed by atoms with E-state index in [1.54, 1.807) is 0 Å². The number of hydrogen-bond acceptors (Lipinski definition) is 2. The first-order valence-corrected chi connectivity index (χ1v) is 6.76. The maximum atomic E-state index is 11.6. The molecule has 1 aromatic rings. The fraction of sp³-hybridized carbons (Fsp3) is 0.533. The van der Waals surface area contributed by atoms with Crippen molar-refractivity contribution in [2.24, 2.45) is 5.92 Å². The van der Waals surface area contributed by atoms with Crippen molar-refractivity contribution in [3.05, 3.63) is 35.4 Å². The first kappa shape index (κ1) is 15.5. The third-order valence-electron chi connectivity index (χ3n) is 3.26. The minimum atomic E-state index is -0.117. The molecule has 0 fully saturated rings. The van der Waals surface area contributed by atoms with Crippen LogP contribution in [0.2, 0.25) is 0 Å². The monoisotopic (exact) mass is 264 g/mol. The van der Waals surface area contributed by atoms with Gasteiger partial charge in [0.15, 0.2) is 0 Å². The van der Waals surface area contributed by atoms with E-state index in [0.717, 1.165) is 17.5 Å². The molecule has 106 valence electrons. The van der Waals surface area contributed by atoms with Crippen LogP contribution in [0.15, 0.2) is 24.3 Å². The highest BCUT2D eigenvalue weighted by Crippen LogP contribution is 2.04. The maximum absolute atomic E-state index is 11.6. The van der Waals surface area contributed by atoms with Crippen LogP contribution in [0.25, 0.3) is 0 Å². The number of aliphatic hydroxyl groups excluding tert-OH is 1. The van der Waals surface area contributed by atoms with Crippen molar-refractivity contribution in [1.29, 1.82) is 0 Å². The highest BCUT2D eigenvalue weighted by atomic mass is 16.3. The quantitative estimate of drug-likeness (QED) is 0.736. The molecule has 4 heteroatoms. The summed E-state index contributed by atoms with van der Waals surface area (Å²) >= 11 is 0. The zero-order valence-electron chi connectivity index (χ0n) is 11.9. The molecule has 4 nitrogen and oxygen atoms in total. The molecule has 0 bridgehead atoms. The number of carbonyl (C=O) groups excluding carboxylic acids is 1. The third kappa shape index (κ3) is 5.75. The number of hydrogen-bond donors (Lipinski definition) is 3. The molecule has 0 heterocycles. The minimum absolute atomic E-state index is 0.0635. The lowest BCUT2D eigenvalue weighted by molar-refractivity contribution is 0.234. The zero-order chi connectivity index (χ0) is 14.3. The van der Waals surface area contributed by atoms with Gasteiger partial charge < -0.3 is 15.7 Å². The molecule has 0 aromatic heterocycles. The Kier molecular flexibility index (Phi) is 6.36. The summed E-state index contributed by atoms with van der Waals surface area (Å²) in [4.78, 5) is 11.6. The number of carbonyl (C=O) groups is 1. The van der Waals surface area contributed by atoms with Crippen LogP contribution in [0.4, 0.5) is 4.79 Å². The van der Waals surface area contributed by atoms with Gasteiger partial charge in [-0.15, -0.1) is 0 Å². The number of benzene rings is 1. The Morgan fingerprint density at radius 1 is 1.16 bits per heavy atom. The Hall–Kier alpha value is -1.55. The van der Waals surface area contributed by atoms with Gasteiger partial charge in [-0.25, -0.2) is 4.79 Å². The molecule has 19 heavy (non-hydrogen) atoms. The summed E-state index contributed by atoms with van der Waals surface area (Å²) in [5.74, 6) is 0.428. The maximum Gasteiger partial charge on any atom is 0.315 e. The number of aliphatic hydroxyl groups is 1. The van der Waals surface area contributed by atoms with Crippen molar-refractivity contribution in [3.8, 4) is 0 Å². The Morgan fingerprint density at radius 3 is 2.26 bits per heavy atom. The summed E-state index contributed by atoms with van der Waals surface area (Å²) in [6, 6.07) is 7.80. The van der Waals surface area contributed by atoms with Crippen LogP contribution in [-0.4, -0.2) is 23.7 Å². The molecule has 0 saturated heterocycles. The SMILES string of the molecule is CC(C)C(C)NC(=O)NCCc1ccc(CO)cc1. The fourth-order valence-electron chi connectivity index (χ4n) is 1.56. The van der Waals surface area contributed by atoms with Crippen molar-refractivity contribution in [2.75, 3.05) is 6.54 Å². The first-order chi connectivity index (χ1) is 9.02. The van der Waals surface area contributed by atoms with E-state index >= 15 is 0 Å². The van der Waals surface area contributed by atoms with Crippen LogP contribution in [0.5, 0.6) is 0 Å². The van der Waals surface area contributed by atoms with Gasteiger partial charge in [-0.3, -0.25) is 0 Å². The van der Waals surface area contributed by atoms with Crippen molar-refractivity contribution in [3.63, 3.8) is 0 Å². The van der Waals surface area contributed by atoms with Crippen LogP contribution in [0, 0.1) is 5.92 Å². The molecule has 0 aliphatic heterocycles. The van der Waals surface area contributed by atoms with Crippen LogP contribution >= 0.6 is 0 Å². The minimum Gasteiger partial charge on any atom is -0.392 e. The topological polar surface area (TPSA) is 61.4 Å². The molecule has 1 aromatic carbocycles. The van der Waals surface area contributed by atoms with Crippen molar-refractivity contribution < 1.29 is 9.90 Å². The molecule has 0 aliphatic rings. The van der Waals surface area contributed by atoms with Crippen LogP contribution < -0.4 is 10.6 Å². The third-order valence-corrected chi connectivity index (χ3v) is 3.26. The zero-order valence-corrected chi connectivity index (χ0v) is 11.9. The highest BCUT2D eigenvalue weighted by molar-refractivity contribution is 5.74. The molecule has 0 saturated carbocycles. The predicted molar refractivity (Wildman–Crippen MR) is 76.9 cm³/mol. The summed E-state index contributed by atoms with van der Waals surface area (Å²) in [7, 11) is 0. The van der Waals surface area contributed by atoms with Gasteiger partial charge in [-0.2, -0.15) is 0 Å². The second-order valence-corrected chi connectivity index (χ2v) is 5.16. The molecule has 1 unspecified atom stereocenters. The second-order valence-electron chi connectivity index (χ2n) is 5.16. The second kappa shape index (κ2) is 7.79. The summed E-state index contributed by atoms with van der Waals surface area (Å²) in [5.41, 5.74) is 2.05. The molecule has 1 atom stereocenters. The van der Waals surface area contributed by atoms with Crippen LogP contribution in [0.3, 0.4) is 0 Å². The molecule has 0 radical (unpaired) electrons. The summed E-state index contributed by atoms with van der Waals surface area (Å²) in [5, 5.41) is 14.7. The standard InChI is InChI=1S/C15H24N2O2/c1-11(2)12(3)17-15(19)16-9-8-13-4-6-14(10-18)7-5-13/h4-7,11-12,18H,8-10H2,1-3H3,(H2,16,17,19). The Bertz CT molecular complexity index is 388. The van der Waals surface area contributed by atoms with E-state index in [1.807, 2.05) is 31.2 Å². The van der Waals surface area contributed by atoms with E-state index in [2.05, 4.69) is 24.5 Å². The van der Waals surface area contributed by atoms with E-state index in [4.69, 9.17) is 5.11 Å². The molecular formula is C15H24N2O2. The van der Waals surface area contributed by atoms with Crippen LogP contribution in [-0.2, 0) is 13.0 Å². The largest absolute Gasteiger partial charge is 0.392 e. The molecule has 0 spiro atoms. The molecule has 0 aliphatic carbocycles. The van der Waals surface area contributed by atoms with Gasteiger partial charge in [0.2, 0.25) is 0 Å². The summed E-state index contributed by atoms with van der Waals surface area (Å²) < 4.78 is 0. The number of amides is 2. The van der Waals surface area contributed by atoms with E-state index in [-0.39, 0.29) is 18.7 Å². The molecule has 2 amide bonds. The van der Waals surface area contributed by atoms with Gasteiger partial charge in [-0.05, 0) is 30.4 Å². The summed E-state index contributed by atoms with van der Waals surface area (Å²) in [6.45, 7) is 6.82. The average Bonchev–Trinajstić information content (AvgIpc) is 2.39. The molecular weight excluding hydrogens is 240 g/mol. The van der Waals surface area contributed by atoms with Gasteiger partial charge in [0, 0.05) is 12.6 Å². The highest BCUT2D eigenvalue weighted by Gasteiger charge is 2.09. The van der Waals surface area contributed by atoms with Gasteiger partial charge >= 0.3 is 6.03 Å². The van der Waals surface area contributed by atoms with Gasteiger partial charge in [0.1, 0.15) is 0 Å². The first-order valence-electron chi connectivity index (χ1n) is 6.76. The summed E-state index contributed by atoms with van der Waals surface area (Å²) in [6.07, 6.45) is 0.787. The lowest BCUT2D eigenvalue weighted by atomic mass is 10.1. The fourth-order valence-corrected chi connectivity index (χ4v) is 1.56. The van der Waals surface area contributed by atoms with E-state index in [9.17, 15) is 4.79 Å². The van der Waals surface area contributed by atoms with Gasteiger partial charge in [0.25, 0.3) is 0 Å².